The first-order valence-corrected chi connectivity index (χ1v) is 8.41. The smallest absolute Gasteiger partial charge is 0.274 e. The number of benzene rings is 2. The highest BCUT2D eigenvalue weighted by Gasteiger charge is 2.09. The summed E-state index contributed by atoms with van der Waals surface area (Å²) in [5.41, 5.74) is 1.71. The van der Waals surface area contributed by atoms with Crippen LogP contribution in [0.1, 0.15) is 16.1 Å². The standard InChI is InChI=1S/C20H19FN4O2/c1-27-17-7-5-14(6-8-17)9-11-22-20-23-12-10-18(25-20)19(26)24-16-4-2-3-15(21)13-16/h2-8,10,12-13H,9,11H2,1H3,(H,24,26)(H,22,23,25). The number of methoxy groups -OCH3 is 1. The number of hydrogen-bond acceptors (Lipinski definition) is 5. The number of carbonyl (C=O) groups is 1. The first kappa shape index (κ1) is 18.3. The molecule has 2 aromatic carbocycles. The van der Waals surface area contributed by atoms with Gasteiger partial charge in [-0.25, -0.2) is 14.4 Å². The maximum atomic E-state index is 13.2. The predicted molar refractivity (Wildman–Crippen MR) is 102 cm³/mol. The Labute approximate surface area is 156 Å². The number of carbonyl (C=O) groups excluding carboxylic acids is 1. The van der Waals surface area contributed by atoms with E-state index in [0.29, 0.717) is 18.2 Å². The Morgan fingerprint density at radius 2 is 1.96 bits per heavy atom. The highest BCUT2D eigenvalue weighted by atomic mass is 19.1. The number of rotatable bonds is 7. The fraction of sp³-hybridized carbons (Fsp3) is 0.150. The molecule has 0 unspecified atom stereocenters. The normalized spacial score (nSPS) is 10.3. The van der Waals surface area contributed by atoms with Gasteiger partial charge in [0.2, 0.25) is 5.95 Å². The van der Waals surface area contributed by atoms with Crippen LogP contribution in [0.5, 0.6) is 5.75 Å². The number of aromatic nitrogens is 2. The van der Waals surface area contributed by atoms with Crippen LogP contribution in [0.4, 0.5) is 16.0 Å². The summed E-state index contributed by atoms with van der Waals surface area (Å²) in [5, 5.41) is 5.71. The first-order chi connectivity index (χ1) is 13.1. The van der Waals surface area contributed by atoms with Gasteiger partial charge in [0, 0.05) is 18.4 Å². The maximum absolute atomic E-state index is 13.2. The van der Waals surface area contributed by atoms with Gasteiger partial charge in [-0.05, 0) is 48.4 Å². The average Bonchev–Trinajstić information content (AvgIpc) is 2.69. The molecule has 0 spiro atoms. The fourth-order valence-electron chi connectivity index (χ4n) is 2.44. The lowest BCUT2D eigenvalue weighted by Crippen LogP contribution is -2.16. The summed E-state index contributed by atoms with van der Waals surface area (Å²) in [4.78, 5) is 20.6. The second-order valence-electron chi connectivity index (χ2n) is 5.75. The summed E-state index contributed by atoms with van der Waals surface area (Å²) in [6.45, 7) is 0.612. The minimum atomic E-state index is -0.429. The van der Waals surface area contributed by atoms with E-state index >= 15 is 0 Å². The van der Waals surface area contributed by atoms with Gasteiger partial charge in [-0.1, -0.05) is 18.2 Å². The predicted octanol–water partition coefficient (Wildman–Crippen LogP) is 3.53. The van der Waals surface area contributed by atoms with E-state index in [9.17, 15) is 9.18 Å². The molecule has 6 nitrogen and oxygen atoms in total. The summed E-state index contributed by atoms with van der Waals surface area (Å²) in [6, 6.07) is 15.0. The molecule has 1 heterocycles. The van der Waals surface area contributed by atoms with Crippen molar-refractivity contribution in [2.24, 2.45) is 0 Å². The average molecular weight is 366 g/mol. The molecular formula is C20H19FN4O2. The minimum absolute atomic E-state index is 0.196. The third-order valence-corrected chi connectivity index (χ3v) is 3.83. The Balaban J connectivity index is 1.57. The fourth-order valence-corrected chi connectivity index (χ4v) is 2.44. The molecule has 1 amide bonds. The number of nitrogens with one attached hydrogen (secondary N) is 2. The van der Waals surface area contributed by atoms with Crippen LogP contribution in [0.3, 0.4) is 0 Å². The van der Waals surface area contributed by atoms with E-state index in [1.54, 1.807) is 13.2 Å². The van der Waals surface area contributed by atoms with Gasteiger partial charge < -0.3 is 15.4 Å². The lowest BCUT2D eigenvalue weighted by atomic mass is 10.1. The molecule has 2 N–H and O–H groups in total. The van der Waals surface area contributed by atoms with Gasteiger partial charge in [0.05, 0.1) is 7.11 Å². The van der Waals surface area contributed by atoms with E-state index in [0.717, 1.165) is 17.7 Å². The molecular weight excluding hydrogens is 347 g/mol. The number of amides is 1. The number of anilines is 2. The Bertz CT molecular complexity index is 916. The number of hydrogen-bond donors (Lipinski definition) is 2. The van der Waals surface area contributed by atoms with Crippen molar-refractivity contribution in [2.75, 3.05) is 24.3 Å². The molecule has 3 aromatic rings. The number of ether oxygens (including phenoxy) is 1. The van der Waals surface area contributed by atoms with Crippen LogP contribution >= 0.6 is 0 Å². The zero-order chi connectivity index (χ0) is 19.1. The lowest BCUT2D eigenvalue weighted by molar-refractivity contribution is 0.102. The second kappa shape index (κ2) is 8.75. The molecule has 27 heavy (non-hydrogen) atoms. The molecule has 1 aromatic heterocycles. The van der Waals surface area contributed by atoms with Crippen molar-refractivity contribution in [3.05, 3.63) is 77.9 Å². The summed E-state index contributed by atoms with van der Waals surface area (Å²) < 4.78 is 18.3. The van der Waals surface area contributed by atoms with Crippen LogP contribution in [-0.4, -0.2) is 29.5 Å². The molecule has 0 fully saturated rings. The van der Waals surface area contributed by atoms with E-state index in [4.69, 9.17) is 4.74 Å². The van der Waals surface area contributed by atoms with Gasteiger partial charge in [-0.3, -0.25) is 4.79 Å². The molecule has 0 aliphatic rings. The van der Waals surface area contributed by atoms with Crippen LogP contribution in [0.15, 0.2) is 60.8 Å². The van der Waals surface area contributed by atoms with Crippen LogP contribution in [-0.2, 0) is 6.42 Å². The molecule has 0 aliphatic carbocycles. The second-order valence-corrected chi connectivity index (χ2v) is 5.75. The quantitative estimate of drug-likeness (QED) is 0.669. The molecule has 0 bridgehead atoms. The van der Waals surface area contributed by atoms with E-state index < -0.39 is 11.7 Å². The van der Waals surface area contributed by atoms with Crippen molar-refractivity contribution in [3.8, 4) is 5.75 Å². The SMILES string of the molecule is COc1ccc(CCNc2nccc(C(=O)Nc3cccc(F)c3)n2)cc1. The van der Waals surface area contributed by atoms with Crippen LogP contribution < -0.4 is 15.4 Å². The lowest BCUT2D eigenvalue weighted by Gasteiger charge is -2.08. The van der Waals surface area contributed by atoms with Gasteiger partial charge in [0.15, 0.2) is 0 Å². The molecule has 0 saturated heterocycles. The molecule has 0 radical (unpaired) electrons. The summed E-state index contributed by atoms with van der Waals surface area (Å²) >= 11 is 0. The van der Waals surface area contributed by atoms with E-state index in [1.165, 1.54) is 30.5 Å². The monoisotopic (exact) mass is 366 g/mol. The summed E-state index contributed by atoms with van der Waals surface area (Å²) in [5.74, 6) is 0.319. The molecule has 0 aliphatic heterocycles. The largest absolute Gasteiger partial charge is 0.497 e. The highest BCUT2D eigenvalue weighted by molar-refractivity contribution is 6.02. The molecule has 138 valence electrons. The van der Waals surface area contributed by atoms with Gasteiger partial charge in [-0.2, -0.15) is 0 Å². The van der Waals surface area contributed by atoms with Crippen LogP contribution in [0, 0.1) is 5.82 Å². The number of halogens is 1. The molecule has 7 heteroatoms. The Hall–Kier alpha value is -3.48. The Morgan fingerprint density at radius 1 is 1.15 bits per heavy atom. The van der Waals surface area contributed by atoms with E-state index in [2.05, 4.69) is 20.6 Å². The minimum Gasteiger partial charge on any atom is -0.497 e. The topological polar surface area (TPSA) is 76.1 Å². The van der Waals surface area contributed by atoms with Crippen molar-refractivity contribution in [1.82, 2.24) is 9.97 Å². The molecule has 3 rings (SSSR count). The maximum Gasteiger partial charge on any atom is 0.274 e. The first-order valence-electron chi connectivity index (χ1n) is 8.41. The van der Waals surface area contributed by atoms with Gasteiger partial charge >= 0.3 is 0 Å². The zero-order valence-electron chi connectivity index (χ0n) is 14.8. The van der Waals surface area contributed by atoms with Gasteiger partial charge in [0.25, 0.3) is 5.91 Å². The van der Waals surface area contributed by atoms with Crippen molar-refractivity contribution >= 4 is 17.5 Å². The zero-order valence-corrected chi connectivity index (χ0v) is 14.8. The third kappa shape index (κ3) is 5.24. The molecule has 0 saturated carbocycles. The summed E-state index contributed by atoms with van der Waals surface area (Å²) in [7, 11) is 1.63. The number of nitrogens with zero attached hydrogens (tertiary/aromatic N) is 2. The highest BCUT2D eigenvalue weighted by Crippen LogP contribution is 2.13. The van der Waals surface area contributed by atoms with Crippen LogP contribution in [0.2, 0.25) is 0 Å². The Morgan fingerprint density at radius 3 is 2.70 bits per heavy atom. The summed E-state index contributed by atoms with van der Waals surface area (Å²) in [6.07, 6.45) is 2.27. The van der Waals surface area contributed by atoms with Gasteiger partial charge in [0.1, 0.15) is 17.3 Å². The van der Waals surface area contributed by atoms with Crippen molar-refractivity contribution in [1.29, 1.82) is 0 Å². The van der Waals surface area contributed by atoms with E-state index in [-0.39, 0.29) is 5.69 Å². The van der Waals surface area contributed by atoms with E-state index in [1.807, 2.05) is 24.3 Å². The van der Waals surface area contributed by atoms with Crippen molar-refractivity contribution in [3.63, 3.8) is 0 Å². The van der Waals surface area contributed by atoms with Gasteiger partial charge in [-0.15, -0.1) is 0 Å². The third-order valence-electron chi connectivity index (χ3n) is 3.83. The Kier molecular flexibility index (Phi) is 5.94. The molecule has 0 atom stereocenters. The van der Waals surface area contributed by atoms with Crippen molar-refractivity contribution < 1.29 is 13.9 Å². The van der Waals surface area contributed by atoms with Crippen LogP contribution in [0.25, 0.3) is 0 Å². The van der Waals surface area contributed by atoms with Crippen molar-refractivity contribution in [2.45, 2.75) is 6.42 Å².